The number of piperidine rings is 1. The maximum absolute atomic E-state index is 13.3. The minimum atomic E-state index is -0.329. The number of rotatable bonds is 4. The van der Waals surface area contributed by atoms with Crippen molar-refractivity contribution in [3.8, 4) is 0 Å². The van der Waals surface area contributed by atoms with E-state index in [0.717, 1.165) is 42.8 Å². The summed E-state index contributed by atoms with van der Waals surface area (Å²) >= 11 is 0. The van der Waals surface area contributed by atoms with Crippen molar-refractivity contribution >= 4 is 28.5 Å². The summed E-state index contributed by atoms with van der Waals surface area (Å²) in [6, 6.07) is 13.8. The Kier molecular flexibility index (Phi) is 5.41. The van der Waals surface area contributed by atoms with Crippen LogP contribution in [0.25, 0.3) is 11.0 Å². The highest BCUT2D eigenvalue weighted by atomic mass is 19.1. The van der Waals surface area contributed by atoms with E-state index in [1.54, 1.807) is 17.0 Å². The molecule has 0 radical (unpaired) electrons. The zero-order chi connectivity index (χ0) is 22.2. The standard InChI is InChI=1S/C25H27FN4O2/c1-17-10-12-28(13-11-17)24(32)16-30-22-5-3-2-4-21(22)27-25(30)18-14-23(31)29(15-18)20-8-6-19(26)7-9-20/h2-9,17-18H,10-16H2,1H3. The SMILES string of the molecule is CC1CCN(C(=O)Cn2c(C3CC(=O)N(c4ccc(F)cc4)C3)nc3ccccc32)CC1. The molecular formula is C25H27FN4O2. The Morgan fingerprint density at radius 3 is 2.56 bits per heavy atom. The molecule has 1 unspecified atom stereocenters. The van der Waals surface area contributed by atoms with Crippen LogP contribution in [0.15, 0.2) is 48.5 Å². The largest absolute Gasteiger partial charge is 0.341 e. The van der Waals surface area contributed by atoms with Gasteiger partial charge in [0.05, 0.1) is 11.0 Å². The highest BCUT2D eigenvalue weighted by Crippen LogP contribution is 2.33. The van der Waals surface area contributed by atoms with E-state index in [-0.39, 0.29) is 30.1 Å². The second-order valence-electron chi connectivity index (χ2n) is 8.99. The summed E-state index contributed by atoms with van der Waals surface area (Å²) < 4.78 is 15.3. The van der Waals surface area contributed by atoms with Crippen LogP contribution >= 0.6 is 0 Å². The van der Waals surface area contributed by atoms with Gasteiger partial charge in [0, 0.05) is 37.7 Å². The number of likely N-dealkylation sites (tertiary alicyclic amines) is 1. The lowest BCUT2D eigenvalue weighted by Crippen LogP contribution is -2.40. The van der Waals surface area contributed by atoms with Crippen LogP contribution in [0.1, 0.15) is 37.9 Å². The lowest BCUT2D eigenvalue weighted by atomic mass is 9.99. The van der Waals surface area contributed by atoms with Gasteiger partial charge < -0.3 is 14.4 Å². The van der Waals surface area contributed by atoms with E-state index in [1.165, 1.54) is 12.1 Å². The van der Waals surface area contributed by atoms with Gasteiger partial charge in [-0.25, -0.2) is 9.37 Å². The van der Waals surface area contributed by atoms with Crippen molar-refractivity contribution in [1.82, 2.24) is 14.5 Å². The molecule has 2 aromatic carbocycles. The molecule has 3 heterocycles. The predicted molar refractivity (Wildman–Crippen MR) is 121 cm³/mol. The molecule has 7 heteroatoms. The lowest BCUT2D eigenvalue weighted by Gasteiger charge is -2.30. The van der Waals surface area contributed by atoms with Gasteiger partial charge in [0.15, 0.2) is 0 Å². The first-order valence-corrected chi connectivity index (χ1v) is 11.3. The summed E-state index contributed by atoms with van der Waals surface area (Å²) in [7, 11) is 0. The number of carbonyl (C=O) groups is 2. The number of benzene rings is 2. The summed E-state index contributed by atoms with van der Waals surface area (Å²) in [5.74, 6) is 1.05. The molecule has 0 N–H and O–H groups in total. The monoisotopic (exact) mass is 434 g/mol. The van der Waals surface area contributed by atoms with Crippen LogP contribution in [-0.2, 0) is 16.1 Å². The fraction of sp³-hybridized carbons (Fsp3) is 0.400. The molecule has 0 aliphatic carbocycles. The molecule has 0 bridgehead atoms. The molecule has 5 rings (SSSR count). The van der Waals surface area contributed by atoms with Crippen molar-refractivity contribution in [2.75, 3.05) is 24.5 Å². The van der Waals surface area contributed by atoms with Crippen LogP contribution in [-0.4, -0.2) is 45.9 Å². The first kappa shape index (κ1) is 20.7. The zero-order valence-corrected chi connectivity index (χ0v) is 18.2. The summed E-state index contributed by atoms with van der Waals surface area (Å²) in [6.07, 6.45) is 2.39. The molecule has 1 aromatic heterocycles. The number of nitrogens with zero attached hydrogens (tertiary/aromatic N) is 4. The minimum Gasteiger partial charge on any atom is -0.341 e. The molecule has 166 valence electrons. The lowest BCUT2D eigenvalue weighted by molar-refractivity contribution is -0.133. The van der Waals surface area contributed by atoms with E-state index < -0.39 is 0 Å². The third-order valence-corrected chi connectivity index (χ3v) is 6.74. The Morgan fingerprint density at radius 2 is 1.81 bits per heavy atom. The maximum Gasteiger partial charge on any atom is 0.242 e. The predicted octanol–water partition coefficient (Wildman–Crippen LogP) is 3.95. The first-order chi connectivity index (χ1) is 15.5. The van der Waals surface area contributed by atoms with Crippen molar-refractivity contribution in [3.05, 3.63) is 60.2 Å². The summed E-state index contributed by atoms with van der Waals surface area (Å²) in [5, 5.41) is 0. The highest BCUT2D eigenvalue weighted by molar-refractivity contribution is 5.96. The number of hydrogen-bond acceptors (Lipinski definition) is 3. The van der Waals surface area contributed by atoms with E-state index in [9.17, 15) is 14.0 Å². The van der Waals surface area contributed by atoms with Gasteiger partial charge in [-0.05, 0) is 55.2 Å². The molecule has 2 saturated heterocycles. The van der Waals surface area contributed by atoms with Gasteiger partial charge in [0.2, 0.25) is 11.8 Å². The molecule has 2 fully saturated rings. The maximum atomic E-state index is 13.3. The number of fused-ring (bicyclic) bond motifs is 1. The molecule has 1 atom stereocenters. The average molecular weight is 435 g/mol. The Morgan fingerprint density at radius 1 is 1.09 bits per heavy atom. The summed E-state index contributed by atoms with van der Waals surface area (Å²) in [5.41, 5.74) is 2.42. The summed E-state index contributed by atoms with van der Waals surface area (Å²) in [4.78, 5) is 34.4. The molecule has 2 aliphatic heterocycles. The quantitative estimate of drug-likeness (QED) is 0.625. The normalized spacial score (nSPS) is 19.8. The number of halogens is 1. The van der Waals surface area contributed by atoms with E-state index in [2.05, 4.69) is 6.92 Å². The van der Waals surface area contributed by atoms with E-state index >= 15 is 0 Å². The van der Waals surface area contributed by atoms with Crippen molar-refractivity contribution in [2.45, 2.75) is 38.6 Å². The van der Waals surface area contributed by atoms with Gasteiger partial charge in [-0.1, -0.05) is 19.1 Å². The van der Waals surface area contributed by atoms with Crippen LogP contribution in [0.5, 0.6) is 0 Å². The van der Waals surface area contributed by atoms with Gasteiger partial charge in [0.1, 0.15) is 18.2 Å². The molecule has 0 spiro atoms. The molecule has 32 heavy (non-hydrogen) atoms. The second kappa shape index (κ2) is 8.37. The van der Waals surface area contributed by atoms with Crippen molar-refractivity contribution < 1.29 is 14.0 Å². The van der Waals surface area contributed by atoms with Crippen LogP contribution in [0, 0.1) is 11.7 Å². The van der Waals surface area contributed by atoms with E-state index in [0.29, 0.717) is 24.6 Å². The number of aromatic nitrogens is 2. The van der Waals surface area contributed by atoms with E-state index in [1.807, 2.05) is 33.7 Å². The van der Waals surface area contributed by atoms with E-state index in [4.69, 9.17) is 4.98 Å². The fourth-order valence-electron chi connectivity index (χ4n) is 4.82. The summed E-state index contributed by atoms with van der Waals surface area (Å²) in [6.45, 7) is 4.51. The smallest absolute Gasteiger partial charge is 0.242 e. The number of carbonyl (C=O) groups excluding carboxylic acids is 2. The van der Waals surface area contributed by atoms with Gasteiger partial charge in [-0.3, -0.25) is 9.59 Å². The van der Waals surface area contributed by atoms with Crippen molar-refractivity contribution in [3.63, 3.8) is 0 Å². The highest BCUT2D eigenvalue weighted by Gasteiger charge is 2.35. The van der Waals surface area contributed by atoms with Crippen LogP contribution in [0.4, 0.5) is 10.1 Å². The van der Waals surface area contributed by atoms with Crippen LogP contribution in [0.3, 0.4) is 0 Å². The van der Waals surface area contributed by atoms with Gasteiger partial charge >= 0.3 is 0 Å². The number of hydrogen-bond donors (Lipinski definition) is 0. The molecule has 2 amide bonds. The molecule has 6 nitrogen and oxygen atoms in total. The number of anilines is 1. The third-order valence-electron chi connectivity index (χ3n) is 6.74. The zero-order valence-electron chi connectivity index (χ0n) is 18.2. The van der Waals surface area contributed by atoms with Gasteiger partial charge in [-0.15, -0.1) is 0 Å². The fourth-order valence-corrected chi connectivity index (χ4v) is 4.82. The molecule has 3 aromatic rings. The third kappa shape index (κ3) is 3.87. The average Bonchev–Trinajstić information content (AvgIpc) is 3.35. The second-order valence-corrected chi connectivity index (χ2v) is 8.99. The van der Waals surface area contributed by atoms with Gasteiger partial charge in [0.25, 0.3) is 0 Å². The number of amides is 2. The Bertz CT molecular complexity index is 1150. The first-order valence-electron chi connectivity index (χ1n) is 11.3. The number of imidazole rings is 1. The topological polar surface area (TPSA) is 58.4 Å². The molecular weight excluding hydrogens is 407 g/mol. The molecule has 2 aliphatic rings. The Balaban J connectivity index is 1.43. The minimum absolute atomic E-state index is 0.0171. The van der Waals surface area contributed by atoms with Crippen molar-refractivity contribution in [1.29, 1.82) is 0 Å². The Labute approximate surface area is 186 Å². The van der Waals surface area contributed by atoms with Gasteiger partial charge in [-0.2, -0.15) is 0 Å². The van der Waals surface area contributed by atoms with Crippen LogP contribution in [0.2, 0.25) is 0 Å². The molecule has 0 saturated carbocycles. The Hall–Kier alpha value is -3.22. The number of para-hydroxylation sites is 2. The van der Waals surface area contributed by atoms with Crippen LogP contribution < -0.4 is 4.90 Å². The van der Waals surface area contributed by atoms with Crippen molar-refractivity contribution in [2.24, 2.45) is 5.92 Å².